The minimum atomic E-state index is -1.26. The first-order chi connectivity index (χ1) is 11.5. The van der Waals surface area contributed by atoms with Crippen molar-refractivity contribution in [2.24, 2.45) is 0 Å². The number of nitrogens with one attached hydrogen (secondary N) is 1. The summed E-state index contributed by atoms with van der Waals surface area (Å²) in [5, 5.41) is 3.25. The fourth-order valence-electron chi connectivity index (χ4n) is 1.93. The normalized spacial score (nSPS) is 11.7. The minimum absolute atomic E-state index is 0.168. The Labute approximate surface area is 143 Å². The number of hydrogen-bond donors (Lipinski definition) is 1. The Morgan fingerprint density at radius 3 is 2.67 bits per heavy atom. The number of aromatic nitrogens is 2. The lowest BCUT2D eigenvalue weighted by atomic mass is 10.1. The molecule has 1 N–H and O–H groups in total. The van der Waals surface area contributed by atoms with Crippen LogP contribution in [0.3, 0.4) is 0 Å². The molecule has 0 saturated carbocycles. The zero-order valence-corrected chi connectivity index (χ0v) is 14.0. The highest BCUT2D eigenvalue weighted by Gasteiger charge is 2.14. The van der Waals surface area contributed by atoms with E-state index in [1.165, 1.54) is 20.2 Å². The van der Waals surface area contributed by atoms with Gasteiger partial charge in [0.1, 0.15) is 23.3 Å². The molecular weight excluding hydrogens is 337 g/mol. The smallest absolute Gasteiger partial charge is 0.352 e. The van der Waals surface area contributed by atoms with Crippen molar-refractivity contribution < 1.29 is 19.0 Å². The van der Waals surface area contributed by atoms with Crippen molar-refractivity contribution in [3.63, 3.8) is 0 Å². The van der Waals surface area contributed by atoms with Crippen LogP contribution in [-0.4, -0.2) is 22.5 Å². The summed E-state index contributed by atoms with van der Waals surface area (Å²) in [6, 6.07) is 7.08. The third-order valence-electron chi connectivity index (χ3n) is 3.08. The van der Waals surface area contributed by atoms with E-state index in [0.717, 1.165) is 5.56 Å². The highest BCUT2D eigenvalue weighted by Crippen LogP contribution is 2.28. The summed E-state index contributed by atoms with van der Waals surface area (Å²) in [6.45, 7) is 3.19. The van der Waals surface area contributed by atoms with Crippen molar-refractivity contribution in [1.29, 1.82) is 0 Å². The second-order valence-electron chi connectivity index (χ2n) is 5.02. The van der Waals surface area contributed by atoms with Crippen molar-refractivity contribution in [1.82, 2.24) is 9.97 Å². The van der Waals surface area contributed by atoms with Gasteiger partial charge in [0.15, 0.2) is 5.75 Å². The van der Waals surface area contributed by atoms with Crippen LogP contribution >= 0.6 is 11.6 Å². The summed E-state index contributed by atoms with van der Waals surface area (Å²) in [5.74, 6) is 0.315. The van der Waals surface area contributed by atoms with Crippen molar-refractivity contribution in [3.05, 3.63) is 46.9 Å². The molecule has 1 heterocycles. The predicted octanol–water partition coefficient (Wildman–Crippen LogP) is 3.67. The number of benzene rings is 1. The molecule has 1 unspecified atom stereocenters. The van der Waals surface area contributed by atoms with Crippen LogP contribution in [0.2, 0.25) is 5.02 Å². The molecule has 1 aromatic carbocycles. The second-order valence-corrected chi connectivity index (χ2v) is 5.39. The summed E-state index contributed by atoms with van der Waals surface area (Å²) >= 11 is 6.08. The van der Waals surface area contributed by atoms with Gasteiger partial charge in [-0.25, -0.2) is 19.2 Å². The fourth-order valence-corrected chi connectivity index (χ4v) is 2.24. The van der Waals surface area contributed by atoms with E-state index >= 15 is 0 Å². The third kappa shape index (κ3) is 5.06. The molecule has 24 heavy (non-hydrogen) atoms. The van der Waals surface area contributed by atoms with E-state index in [1.54, 1.807) is 12.1 Å². The van der Waals surface area contributed by atoms with Crippen LogP contribution in [0.25, 0.3) is 0 Å². The number of alkyl halides is 1. The van der Waals surface area contributed by atoms with Gasteiger partial charge in [0.2, 0.25) is 0 Å². The molecule has 0 radical (unpaired) electrons. The van der Waals surface area contributed by atoms with Gasteiger partial charge in [-0.05, 0) is 31.0 Å². The van der Waals surface area contributed by atoms with Gasteiger partial charge in [0.05, 0.1) is 5.69 Å². The van der Waals surface area contributed by atoms with E-state index in [4.69, 9.17) is 16.5 Å². The molecule has 0 aliphatic rings. The molecule has 2 aromatic rings. The number of anilines is 1. The van der Waals surface area contributed by atoms with E-state index in [9.17, 15) is 9.18 Å². The number of carbonyl (C=O) groups excluding carboxylic acids is 1. The lowest BCUT2D eigenvalue weighted by Gasteiger charge is -2.10. The minimum Gasteiger partial charge on any atom is -0.368 e. The Hall–Kier alpha value is -2.41. The van der Waals surface area contributed by atoms with Crippen LogP contribution in [0, 0.1) is 0 Å². The van der Waals surface area contributed by atoms with Gasteiger partial charge in [-0.3, -0.25) is 9.78 Å². The van der Waals surface area contributed by atoms with Gasteiger partial charge in [-0.15, -0.1) is 0 Å². The Balaban J connectivity index is 1.88. The SMILES string of the molecule is CC(=O)OOc1ccc(CCNc2ncnc(C(C)F)c2Cl)cc1. The van der Waals surface area contributed by atoms with E-state index in [-0.39, 0.29) is 10.7 Å². The number of carbonyl (C=O) groups is 1. The summed E-state index contributed by atoms with van der Waals surface area (Å²) in [6.07, 6.45) is 0.709. The molecule has 6 nitrogen and oxygen atoms in total. The number of nitrogens with zero attached hydrogens (tertiary/aromatic N) is 2. The first-order valence-electron chi connectivity index (χ1n) is 7.29. The zero-order valence-electron chi connectivity index (χ0n) is 13.3. The fraction of sp³-hybridized carbons (Fsp3) is 0.312. The maximum Gasteiger partial charge on any atom is 0.352 e. The lowest BCUT2D eigenvalue weighted by molar-refractivity contribution is -0.210. The zero-order chi connectivity index (χ0) is 17.5. The molecule has 0 spiro atoms. The topological polar surface area (TPSA) is 73.3 Å². The first kappa shape index (κ1) is 17.9. The predicted molar refractivity (Wildman–Crippen MR) is 87.6 cm³/mol. The highest BCUT2D eigenvalue weighted by molar-refractivity contribution is 6.33. The Bertz CT molecular complexity index is 695. The van der Waals surface area contributed by atoms with Gasteiger partial charge < -0.3 is 5.32 Å². The Morgan fingerprint density at radius 1 is 1.33 bits per heavy atom. The summed E-state index contributed by atoms with van der Waals surface area (Å²) in [4.78, 5) is 27.8. The number of rotatable bonds is 7. The molecule has 0 saturated heterocycles. The number of halogens is 2. The van der Waals surface area contributed by atoms with E-state index < -0.39 is 12.1 Å². The van der Waals surface area contributed by atoms with Crippen LogP contribution < -0.4 is 10.2 Å². The van der Waals surface area contributed by atoms with Gasteiger partial charge >= 0.3 is 5.97 Å². The van der Waals surface area contributed by atoms with Gasteiger partial charge in [0, 0.05) is 13.5 Å². The quantitative estimate of drug-likeness (QED) is 0.604. The summed E-state index contributed by atoms with van der Waals surface area (Å²) in [5.41, 5.74) is 1.20. The maximum atomic E-state index is 13.4. The van der Waals surface area contributed by atoms with Crippen molar-refractivity contribution in [3.8, 4) is 5.75 Å². The first-order valence-corrected chi connectivity index (χ1v) is 7.67. The van der Waals surface area contributed by atoms with Gasteiger partial charge in [-0.2, -0.15) is 0 Å². The van der Waals surface area contributed by atoms with Crippen LogP contribution in [0.15, 0.2) is 30.6 Å². The average Bonchev–Trinajstić information content (AvgIpc) is 2.55. The maximum absolute atomic E-state index is 13.4. The summed E-state index contributed by atoms with van der Waals surface area (Å²) < 4.78 is 13.4. The van der Waals surface area contributed by atoms with Crippen LogP contribution in [0.5, 0.6) is 5.75 Å². The molecule has 8 heteroatoms. The molecule has 0 bridgehead atoms. The van der Waals surface area contributed by atoms with Crippen molar-refractivity contribution in [2.75, 3.05) is 11.9 Å². The van der Waals surface area contributed by atoms with Crippen LogP contribution in [0.4, 0.5) is 10.2 Å². The van der Waals surface area contributed by atoms with Crippen molar-refractivity contribution in [2.45, 2.75) is 26.4 Å². The monoisotopic (exact) mass is 353 g/mol. The Morgan fingerprint density at radius 2 is 2.04 bits per heavy atom. The lowest BCUT2D eigenvalue weighted by Crippen LogP contribution is -2.08. The molecule has 0 amide bonds. The van der Waals surface area contributed by atoms with Gasteiger partial charge in [-0.1, -0.05) is 23.7 Å². The molecule has 0 aliphatic carbocycles. The van der Waals surface area contributed by atoms with Crippen LogP contribution in [0.1, 0.15) is 31.3 Å². The molecule has 1 aromatic heterocycles. The van der Waals surface area contributed by atoms with E-state index in [1.807, 2.05) is 12.1 Å². The summed E-state index contributed by atoms with van der Waals surface area (Å²) in [7, 11) is 0. The molecule has 2 rings (SSSR count). The largest absolute Gasteiger partial charge is 0.368 e. The molecule has 128 valence electrons. The third-order valence-corrected chi connectivity index (χ3v) is 3.45. The standard InChI is InChI=1S/C16H17ClFN3O3/c1-10(18)15-14(17)16(21-9-20-15)19-8-7-12-3-5-13(6-4-12)24-23-11(2)22/h3-6,9-10H,7-8H2,1-2H3,(H,19,20,21). The van der Waals surface area contributed by atoms with Gasteiger partial charge in [0.25, 0.3) is 0 Å². The highest BCUT2D eigenvalue weighted by atomic mass is 35.5. The van der Waals surface area contributed by atoms with E-state index in [0.29, 0.717) is 24.5 Å². The molecular formula is C16H17ClFN3O3. The average molecular weight is 354 g/mol. The molecule has 1 atom stereocenters. The second kappa shape index (κ2) is 8.44. The number of hydrogen-bond acceptors (Lipinski definition) is 6. The van der Waals surface area contributed by atoms with Crippen LogP contribution in [-0.2, 0) is 16.1 Å². The Kier molecular flexibility index (Phi) is 6.31. The molecule has 0 fully saturated rings. The van der Waals surface area contributed by atoms with E-state index in [2.05, 4.69) is 20.2 Å². The van der Waals surface area contributed by atoms with Crippen molar-refractivity contribution >= 4 is 23.4 Å². The molecule has 0 aliphatic heterocycles.